The minimum Gasteiger partial charge on any atom is -0.507 e. The zero-order chi connectivity index (χ0) is 15.1. The predicted molar refractivity (Wildman–Crippen MR) is 74.0 cm³/mol. The highest BCUT2D eigenvalue weighted by molar-refractivity contribution is 5.79. The summed E-state index contributed by atoms with van der Waals surface area (Å²) in [6.07, 6.45) is -0.0589. The molecule has 0 fully saturated rings. The number of carbonyl (C=O) groups is 2. The van der Waals surface area contributed by atoms with Gasteiger partial charge in [-0.25, -0.2) is 0 Å². The van der Waals surface area contributed by atoms with Crippen molar-refractivity contribution in [3.8, 4) is 5.75 Å². The van der Waals surface area contributed by atoms with Crippen LogP contribution in [-0.4, -0.2) is 30.1 Å². The van der Waals surface area contributed by atoms with E-state index in [-0.39, 0.29) is 25.3 Å². The minimum absolute atomic E-state index is 0.0547. The second kappa shape index (κ2) is 7.49. The van der Waals surface area contributed by atoms with Gasteiger partial charge in [0.25, 0.3) is 0 Å². The summed E-state index contributed by atoms with van der Waals surface area (Å²) in [6.45, 7) is 3.52. The van der Waals surface area contributed by atoms with E-state index < -0.39 is 17.9 Å². The highest BCUT2D eigenvalue weighted by Crippen LogP contribution is 2.29. The number of aryl methyl sites for hydroxylation is 1. The maximum Gasteiger partial charge on any atom is 0.308 e. The van der Waals surface area contributed by atoms with E-state index in [1.54, 1.807) is 32.0 Å². The smallest absolute Gasteiger partial charge is 0.308 e. The fraction of sp³-hybridized carbons (Fsp3) is 0.429. The van der Waals surface area contributed by atoms with Gasteiger partial charge in [-0.05, 0) is 19.4 Å². The Bertz CT molecular complexity index is 488. The number of benzene rings is 1. The van der Waals surface area contributed by atoms with Crippen LogP contribution in [0.4, 0.5) is 0 Å². The number of carbonyl (C=O) groups excluding carboxylic acids is 2. The first kappa shape index (κ1) is 16.0. The van der Waals surface area contributed by atoms with Crippen LogP contribution in [0.15, 0.2) is 18.2 Å². The molecule has 1 amide bonds. The number of esters is 1. The zero-order valence-electron chi connectivity index (χ0n) is 11.7. The van der Waals surface area contributed by atoms with Crippen LogP contribution < -0.4 is 11.1 Å². The first-order chi connectivity index (χ1) is 9.49. The third-order valence-electron chi connectivity index (χ3n) is 2.84. The molecule has 1 atom stereocenters. The lowest BCUT2D eigenvalue weighted by Crippen LogP contribution is -2.35. The van der Waals surface area contributed by atoms with E-state index >= 15 is 0 Å². The number of para-hydroxylation sites is 1. The molecule has 0 aromatic heterocycles. The lowest BCUT2D eigenvalue weighted by Gasteiger charge is -2.20. The minimum atomic E-state index is -0.662. The van der Waals surface area contributed by atoms with Crippen molar-refractivity contribution in [1.29, 1.82) is 0 Å². The van der Waals surface area contributed by atoms with Gasteiger partial charge in [-0.2, -0.15) is 0 Å². The predicted octanol–water partition coefficient (Wildman–Crippen LogP) is 0.770. The Morgan fingerprint density at radius 2 is 2.15 bits per heavy atom. The van der Waals surface area contributed by atoms with Gasteiger partial charge in [0, 0.05) is 5.56 Å². The fourth-order valence-corrected chi connectivity index (χ4v) is 1.84. The maximum absolute atomic E-state index is 11.6. The van der Waals surface area contributed by atoms with Crippen molar-refractivity contribution in [2.45, 2.75) is 26.3 Å². The molecular weight excluding hydrogens is 260 g/mol. The van der Waals surface area contributed by atoms with Crippen LogP contribution in [0, 0.1) is 6.92 Å². The van der Waals surface area contributed by atoms with Gasteiger partial charge in [0.1, 0.15) is 5.75 Å². The number of amides is 1. The van der Waals surface area contributed by atoms with Crippen molar-refractivity contribution in [2.75, 3.05) is 13.2 Å². The topological polar surface area (TPSA) is 102 Å². The van der Waals surface area contributed by atoms with Crippen molar-refractivity contribution >= 4 is 11.9 Å². The van der Waals surface area contributed by atoms with E-state index in [1.807, 2.05) is 0 Å². The van der Waals surface area contributed by atoms with Gasteiger partial charge in [0.2, 0.25) is 5.91 Å². The fourth-order valence-electron chi connectivity index (χ4n) is 1.84. The van der Waals surface area contributed by atoms with Crippen LogP contribution in [0.3, 0.4) is 0 Å². The SMILES string of the molecule is CCOC(=O)CC(NC(=O)CN)c1cccc(C)c1O. The highest BCUT2D eigenvalue weighted by atomic mass is 16.5. The van der Waals surface area contributed by atoms with Crippen molar-refractivity contribution in [2.24, 2.45) is 5.73 Å². The number of aromatic hydroxyl groups is 1. The van der Waals surface area contributed by atoms with E-state index in [4.69, 9.17) is 10.5 Å². The van der Waals surface area contributed by atoms with E-state index in [2.05, 4.69) is 5.32 Å². The molecule has 1 aromatic carbocycles. The average Bonchev–Trinajstić information content (AvgIpc) is 2.41. The molecule has 0 aliphatic heterocycles. The van der Waals surface area contributed by atoms with Crippen LogP contribution in [0.1, 0.15) is 30.5 Å². The molecule has 110 valence electrons. The summed E-state index contributed by atoms with van der Waals surface area (Å²) in [5.74, 6) is -0.796. The van der Waals surface area contributed by atoms with Crippen molar-refractivity contribution in [1.82, 2.24) is 5.32 Å². The molecule has 0 aliphatic rings. The summed E-state index contributed by atoms with van der Waals surface area (Å²) < 4.78 is 4.88. The summed E-state index contributed by atoms with van der Waals surface area (Å²) in [4.78, 5) is 23.1. The van der Waals surface area contributed by atoms with Gasteiger partial charge in [-0.1, -0.05) is 18.2 Å². The molecule has 0 radical (unpaired) electrons. The van der Waals surface area contributed by atoms with Crippen LogP contribution in [0.5, 0.6) is 5.75 Å². The molecule has 6 nitrogen and oxygen atoms in total. The third kappa shape index (κ3) is 4.24. The van der Waals surface area contributed by atoms with Crippen molar-refractivity contribution < 1.29 is 19.4 Å². The molecule has 1 unspecified atom stereocenters. The number of ether oxygens (including phenoxy) is 1. The zero-order valence-corrected chi connectivity index (χ0v) is 11.7. The molecule has 0 bridgehead atoms. The molecule has 1 aromatic rings. The monoisotopic (exact) mass is 280 g/mol. The number of phenols is 1. The Balaban J connectivity index is 2.99. The molecule has 0 saturated carbocycles. The second-order valence-corrected chi connectivity index (χ2v) is 4.35. The quantitative estimate of drug-likeness (QED) is 0.668. The Hall–Kier alpha value is -2.08. The number of hydrogen-bond donors (Lipinski definition) is 3. The number of nitrogens with one attached hydrogen (secondary N) is 1. The van der Waals surface area contributed by atoms with Gasteiger partial charge in [-0.15, -0.1) is 0 Å². The van der Waals surface area contributed by atoms with Crippen molar-refractivity contribution in [3.63, 3.8) is 0 Å². The first-order valence-corrected chi connectivity index (χ1v) is 6.43. The highest BCUT2D eigenvalue weighted by Gasteiger charge is 2.22. The van der Waals surface area contributed by atoms with Crippen molar-refractivity contribution in [3.05, 3.63) is 29.3 Å². The Labute approximate surface area is 117 Å². The van der Waals surface area contributed by atoms with Gasteiger partial charge < -0.3 is 20.9 Å². The molecule has 4 N–H and O–H groups in total. The summed E-state index contributed by atoms with van der Waals surface area (Å²) in [6, 6.07) is 4.48. The second-order valence-electron chi connectivity index (χ2n) is 4.35. The maximum atomic E-state index is 11.6. The largest absolute Gasteiger partial charge is 0.507 e. The van der Waals surface area contributed by atoms with E-state index in [0.717, 1.165) is 0 Å². The number of phenolic OH excluding ortho intramolecular Hbond substituents is 1. The van der Waals surface area contributed by atoms with E-state index in [0.29, 0.717) is 11.1 Å². The number of rotatable bonds is 6. The summed E-state index contributed by atoms with van der Waals surface area (Å²) in [7, 11) is 0. The summed E-state index contributed by atoms with van der Waals surface area (Å²) >= 11 is 0. The Morgan fingerprint density at radius 3 is 2.75 bits per heavy atom. The Kier molecular flexibility index (Phi) is 5.99. The normalized spacial score (nSPS) is 11.8. The lowest BCUT2D eigenvalue weighted by atomic mass is 10.00. The van der Waals surface area contributed by atoms with Crippen LogP contribution in [0.25, 0.3) is 0 Å². The lowest BCUT2D eigenvalue weighted by molar-refractivity contribution is -0.143. The molecule has 0 saturated heterocycles. The molecular formula is C14H20N2O4. The molecule has 6 heteroatoms. The van der Waals surface area contributed by atoms with Gasteiger partial charge >= 0.3 is 5.97 Å². The third-order valence-corrected chi connectivity index (χ3v) is 2.84. The average molecular weight is 280 g/mol. The standard InChI is InChI=1S/C14H20N2O4/c1-3-20-13(18)7-11(16-12(17)8-15)10-6-4-5-9(2)14(10)19/h4-6,11,19H,3,7-8,15H2,1-2H3,(H,16,17). The summed E-state index contributed by atoms with van der Waals surface area (Å²) in [5, 5.41) is 12.7. The summed E-state index contributed by atoms with van der Waals surface area (Å²) in [5.41, 5.74) is 6.40. The van der Waals surface area contributed by atoms with Gasteiger partial charge in [0.15, 0.2) is 0 Å². The number of nitrogens with two attached hydrogens (primary N) is 1. The van der Waals surface area contributed by atoms with Crippen LogP contribution >= 0.6 is 0 Å². The van der Waals surface area contributed by atoms with Crippen LogP contribution in [-0.2, 0) is 14.3 Å². The van der Waals surface area contributed by atoms with Crippen LogP contribution in [0.2, 0.25) is 0 Å². The molecule has 0 spiro atoms. The molecule has 0 aliphatic carbocycles. The molecule has 20 heavy (non-hydrogen) atoms. The van der Waals surface area contributed by atoms with E-state index in [9.17, 15) is 14.7 Å². The first-order valence-electron chi connectivity index (χ1n) is 6.43. The Morgan fingerprint density at radius 1 is 1.45 bits per heavy atom. The number of hydrogen-bond acceptors (Lipinski definition) is 5. The molecule has 1 rings (SSSR count). The van der Waals surface area contributed by atoms with Gasteiger partial charge in [0.05, 0.1) is 25.6 Å². The molecule has 0 heterocycles. The van der Waals surface area contributed by atoms with Gasteiger partial charge in [-0.3, -0.25) is 9.59 Å². The van der Waals surface area contributed by atoms with E-state index in [1.165, 1.54) is 0 Å².